The zero-order valence-corrected chi connectivity index (χ0v) is 12.1. The molecule has 1 aromatic carbocycles. The van der Waals surface area contributed by atoms with Crippen molar-refractivity contribution in [3.05, 3.63) is 30.3 Å². The van der Waals surface area contributed by atoms with Gasteiger partial charge in [0, 0.05) is 6.04 Å². The molecule has 0 unspecified atom stereocenters. The lowest BCUT2D eigenvalue weighted by Crippen LogP contribution is -2.49. The van der Waals surface area contributed by atoms with Gasteiger partial charge in [-0.1, -0.05) is 38.0 Å². The first-order valence-electron chi connectivity index (χ1n) is 6.99. The largest absolute Gasteiger partial charge is 0.484 e. The normalized spacial score (nSPS) is 13.3. The number of para-hydroxylation sites is 1. The van der Waals surface area contributed by atoms with Crippen molar-refractivity contribution < 1.29 is 19.4 Å². The molecule has 0 saturated heterocycles. The smallest absolute Gasteiger partial charge is 0.264 e. The summed E-state index contributed by atoms with van der Waals surface area (Å²) in [6.07, 6.45) is 0.875. The zero-order valence-electron chi connectivity index (χ0n) is 12.1. The Morgan fingerprint density at radius 1 is 1.33 bits per heavy atom. The van der Waals surface area contributed by atoms with E-state index < -0.39 is 24.0 Å². The predicted molar refractivity (Wildman–Crippen MR) is 78.6 cm³/mol. The summed E-state index contributed by atoms with van der Waals surface area (Å²) in [5.74, 6) is -0.883. The van der Waals surface area contributed by atoms with Gasteiger partial charge in [0.05, 0.1) is 0 Å². The molecule has 2 atom stereocenters. The highest BCUT2D eigenvalue weighted by molar-refractivity contribution is 5.98. The summed E-state index contributed by atoms with van der Waals surface area (Å²) < 4.78 is 5.20. The maximum Gasteiger partial charge on any atom is 0.264 e. The molecule has 21 heavy (non-hydrogen) atoms. The fourth-order valence-electron chi connectivity index (χ4n) is 1.71. The predicted octanol–water partition coefficient (Wildman–Crippen LogP) is 0.587. The third kappa shape index (κ3) is 6.37. The number of ether oxygens (including phenoxy) is 1. The Hall–Kier alpha value is -1.92. The van der Waals surface area contributed by atoms with Crippen molar-refractivity contribution in [1.29, 1.82) is 0 Å². The molecule has 2 amide bonds. The van der Waals surface area contributed by atoms with E-state index in [0.29, 0.717) is 12.2 Å². The maximum absolute atomic E-state index is 11.7. The van der Waals surface area contributed by atoms with Crippen LogP contribution in [-0.2, 0) is 9.59 Å². The fraction of sp³-hybridized carbons (Fsp3) is 0.467. The standard InChI is InChI=1S/C15H22N2O4/c1-2-3-9-12(16)14(19)15(20)17-13(18)10-21-11-7-5-4-6-8-11/h4-8,12,14,19H,2-3,9-10,16H2,1H3,(H,17,18,20)/t12-,14+/m1/s1. The first-order chi connectivity index (χ1) is 10.0. The van der Waals surface area contributed by atoms with Crippen molar-refractivity contribution in [1.82, 2.24) is 5.32 Å². The first-order valence-corrected chi connectivity index (χ1v) is 6.99. The second-order valence-corrected chi connectivity index (χ2v) is 4.77. The average molecular weight is 294 g/mol. The van der Waals surface area contributed by atoms with Crippen LogP contribution in [0, 0.1) is 0 Å². The van der Waals surface area contributed by atoms with Gasteiger partial charge in [-0.3, -0.25) is 14.9 Å². The highest BCUT2D eigenvalue weighted by atomic mass is 16.5. The first kappa shape index (κ1) is 17.1. The van der Waals surface area contributed by atoms with E-state index in [0.717, 1.165) is 12.8 Å². The number of aliphatic hydroxyl groups is 1. The Balaban J connectivity index is 2.34. The van der Waals surface area contributed by atoms with Gasteiger partial charge in [0.15, 0.2) is 6.61 Å². The van der Waals surface area contributed by atoms with Gasteiger partial charge in [-0.25, -0.2) is 0 Å². The Kier molecular flexibility index (Phi) is 7.42. The monoisotopic (exact) mass is 294 g/mol. The van der Waals surface area contributed by atoms with Gasteiger partial charge in [-0.05, 0) is 18.6 Å². The molecule has 0 aliphatic carbocycles. The van der Waals surface area contributed by atoms with Crippen LogP contribution in [0.3, 0.4) is 0 Å². The Labute approximate surface area is 124 Å². The molecule has 0 spiro atoms. The molecule has 1 rings (SSSR count). The lowest BCUT2D eigenvalue weighted by Gasteiger charge is -2.17. The highest BCUT2D eigenvalue weighted by Crippen LogP contribution is 2.07. The molecule has 0 heterocycles. The van der Waals surface area contributed by atoms with E-state index in [9.17, 15) is 14.7 Å². The van der Waals surface area contributed by atoms with Gasteiger partial charge in [-0.2, -0.15) is 0 Å². The van der Waals surface area contributed by atoms with Crippen molar-refractivity contribution in [2.24, 2.45) is 5.73 Å². The number of hydrogen-bond donors (Lipinski definition) is 3. The molecule has 1 aromatic rings. The van der Waals surface area contributed by atoms with E-state index in [1.807, 2.05) is 13.0 Å². The summed E-state index contributed by atoms with van der Waals surface area (Å²) >= 11 is 0. The van der Waals surface area contributed by atoms with Crippen LogP contribution in [-0.4, -0.2) is 35.7 Å². The zero-order chi connectivity index (χ0) is 15.7. The molecule has 0 radical (unpaired) electrons. The number of unbranched alkanes of at least 4 members (excludes halogenated alkanes) is 1. The van der Waals surface area contributed by atoms with E-state index in [-0.39, 0.29) is 6.61 Å². The van der Waals surface area contributed by atoms with Crippen LogP contribution in [0.5, 0.6) is 5.75 Å². The lowest BCUT2D eigenvalue weighted by molar-refractivity contribution is -0.137. The van der Waals surface area contributed by atoms with Crippen LogP contribution in [0.4, 0.5) is 0 Å². The van der Waals surface area contributed by atoms with Gasteiger partial charge in [0.2, 0.25) is 0 Å². The summed E-state index contributed by atoms with van der Waals surface area (Å²) in [6.45, 7) is 1.69. The second kappa shape index (κ2) is 9.10. The number of hydrogen-bond acceptors (Lipinski definition) is 5. The molecule has 0 aliphatic rings. The van der Waals surface area contributed by atoms with Crippen molar-refractivity contribution in [2.45, 2.75) is 38.3 Å². The maximum atomic E-state index is 11.7. The molecule has 6 nitrogen and oxygen atoms in total. The summed E-state index contributed by atoms with van der Waals surface area (Å²) in [4.78, 5) is 23.2. The molecular formula is C15H22N2O4. The summed E-state index contributed by atoms with van der Waals surface area (Å²) in [6, 6.07) is 8.09. The lowest BCUT2D eigenvalue weighted by atomic mass is 10.0. The molecule has 116 valence electrons. The second-order valence-electron chi connectivity index (χ2n) is 4.77. The summed E-state index contributed by atoms with van der Waals surface area (Å²) in [5.41, 5.74) is 5.69. The third-order valence-corrected chi connectivity index (χ3v) is 2.94. The fourth-order valence-corrected chi connectivity index (χ4v) is 1.71. The number of nitrogens with two attached hydrogens (primary N) is 1. The van der Waals surface area contributed by atoms with E-state index >= 15 is 0 Å². The number of amides is 2. The number of carbonyl (C=O) groups excluding carboxylic acids is 2. The molecule has 0 aromatic heterocycles. The Morgan fingerprint density at radius 3 is 2.62 bits per heavy atom. The molecule has 0 fully saturated rings. The van der Waals surface area contributed by atoms with E-state index in [1.54, 1.807) is 24.3 Å². The Bertz CT molecular complexity index is 450. The third-order valence-electron chi connectivity index (χ3n) is 2.94. The van der Waals surface area contributed by atoms with Crippen LogP contribution in [0.25, 0.3) is 0 Å². The van der Waals surface area contributed by atoms with Crippen molar-refractivity contribution in [3.63, 3.8) is 0 Å². The van der Waals surface area contributed by atoms with Gasteiger partial charge < -0.3 is 15.6 Å². The minimum atomic E-state index is -1.39. The number of imide groups is 1. The average Bonchev–Trinajstić information content (AvgIpc) is 2.50. The van der Waals surface area contributed by atoms with Crippen molar-refractivity contribution >= 4 is 11.8 Å². The number of nitrogens with one attached hydrogen (secondary N) is 1. The van der Waals surface area contributed by atoms with Gasteiger partial charge in [-0.15, -0.1) is 0 Å². The molecule has 0 bridgehead atoms. The molecule has 6 heteroatoms. The van der Waals surface area contributed by atoms with Crippen LogP contribution >= 0.6 is 0 Å². The van der Waals surface area contributed by atoms with Crippen LogP contribution in [0.1, 0.15) is 26.2 Å². The summed E-state index contributed by atoms with van der Waals surface area (Å²) in [7, 11) is 0. The Morgan fingerprint density at radius 2 is 2.00 bits per heavy atom. The van der Waals surface area contributed by atoms with Crippen molar-refractivity contribution in [3.8, 4) is 5.75 Å². The number of benzene rings is 1. The van der Waals surface area contributed by atoms with Gasteiger partial charge in [0.25, 0.3) is 11.8 Å². The summed E-state index contributed by atoms with van der Waals surface area (Å²) in [5, 5.41) is 11.8. The molecule has 4 N–H and O–H groups in total. The van der Waals surface area contributed by atoms with Crippen LogP contribution in [0.2, 0.25) is 0 Å². The quantitative estimate of drug-likeness (QED) is 0.651. The number of carbonyl (C=O) groups is 2. The topological polar surface area (TPSA) is 102 Å². The van der Waals surface area contributed by atoms with Crippen molar-refractivity contribution in [2.75, 3.05) is 6.61 Å². The molecular weight excluding hydrogens is 272 g/mol. The van der Waals surface area contributed by atoms with Crippen LogP contribution < -0.4 is 15.8 Å². The number of aliphatic hydroxyl groups excluding tert-OH is 1. The molecule has 0 saturated carbocycles. The van der Waals surface area contributed by atoms with E-state index in [1.165, 1.54) is 0 Å². The number of rotatable bonds is 8. The minimum absolute atomic E-state index is 0.299. The SMILES string of the molecule is CCCC[C@@H](N)[C@H](O)C(=O)NC(=O)COc1ccccc1. The highest BCUT2D eigenvalue weighted by Gasteiger charge is 2.24. The van der Waals surface area contributed by atoms with E-state index in [4.69, 9.17) is 10.5 Å². The molecule has 0 aliphatic heterocycles. The van der Waals surface area contributed by atoms with Gasteiger partial charge in [0.1, 0.15) is 11.9 Å². The van der Waals surface area contributed by atoms with Gasteiger partial charge >= 0.3 is 0 Å². The minimum Gasteiger partial charge on any atom is -0.484 e. The van der Waals surface area contributed by atoms with Crippen LogP contribution in [0.15, 0.2) is 30.3 Å². The van der Waals surface area contributed by atoms with E-state index in [2.05, 4.69) is 5.32 Å².